The minimum atomic E-state index is -0.846. The fourth-order valence-electron chi connectivity index (χ4n) is 1.55. The van der Waals surface area contributed by atoms with E-state index in [0.29, 0.717) is 0 Å². The van der Waals surface area contributed by atoms with Gasteiger partial charge in [0.1, 0.15) is 0 Å². The Kier molecular flexibility index (Phi) is 11.7. The summed E-state index contributed by atoms with van der Waals surface area (Å²) in [6.45, 7) is 7.73. The van der Waals surface area contributed by atoms with Crippen LogP contribution >= 0.6 is 0 Å². The zero-order chi connectivity index (χ0) is 11.1. The maximum absolute atomic E-state index is 9.75. The van der Waals surface area contributed by atoms with Crippen molar-refractivity contribution >= 4 is 0 Å². The second-order valence-corrected chi connectivity index (χ2v) is 4.00. The maximum atomic E-state index is 9.75. The molecule has 0 aromatic heterocycles. The molecular weight excluding hydrogens is 228 g/mol. The van der Waals surface area contributed by atoms with Crippen molar-refractivity contribution in [3.05, 3.63) is 0 Å². The Morgan fingerprint density at radius 3 is 2.00 bits per heavy atom. The van der Waals surface area contributed by atoms with Crippen LogP contribution in [0.3, 0.4) is 0 Å². The van der Waals surface area contributed by atoms with Gasteiger partial charge in [0.2, 0.25) is 0 Å². The zero-order valence-corrected chi connectivity index (χ0v) is 11.8. The SMILES string of the molecule is CCCC(O)C(CC)C(O)OC(C)C.[Ti]. The summed E-state index contributed by atoms with van der Waals surface area (Å²) in [4.78, 5) is 0. The first-order valence-corrected chi connectivity index (χ1v) is 5.54. The summed E-state index contributed by atoms with van der Waals surface area (Å²) in [6, 6.07) is 0. The Bertz CT molecular complexity index is 142. The number of hydrogen-bond donors (Lipinski definition) is 2. The molecule has 0 aliphatic rings. The summed E-state index contributed by atoms with van der Waals surface area (Å²) in [7, 11) is 0. The number of rotatable bonds is 7. The Labute approximate surface area is 108 Å². The fraction of sp³-hybridized carbons (Fsp3) is 1.00. The topological polar surface area (TPSA) is 49.7 Å². The number of ether oxygens (including phenoxy) is 1. The summed E-state index contributed by atoms with van der Waals surface area (Å²) < 4.78 is 5.27. The van der Waals surface area contributed by atoms with E-state index >= 15 is 0 Å². The van der Waals surface area contributed by atoms with E-state index in [1.807, 2.05) is 27.7 Å². The van der Waals surface area contributed by atoms with Gasteiger partial charge in [-0.2, -0.15) is 0 Å². The van der Waals surface area contributed by atoms with E-state index in [1.54, 1.807) is 0 Å². The maximum Gasteiger partial charge on any atom is 0.160 e. The average Bonchev–Trinajstić information content (AvgIpc) is 2.04. The molecule has 0 heterocycles. The molecule has 0 aromatic carbocycles. The fourth-order valence-corrected chi connectivity index (χ4v) is 1.55. The van der Waals surface area contributed by atoms with E-state index in [9.17, 15) is 10.2 Å². The van der Waals surface area contributed by atoms with Gasteiger partial charge in [-0.25, -0.2) is 0 Å². The van der Waals surface area contributed by atoms with Crippen molar-refractivity contribution in [3.8, 4) is 0 Å². The van der Waals surface area contributed by atoms with Gasteiger partial charge in [-0.1, -0.05) is 20.3 Å². The van der Waals surface area contributed by atoms with Crippen molar-refractivity contribution in [1.82, 2.24) is 0 Å². The van der Waals surface area contributed by atoms with Gasteiger partial charge in [0, 0.05) is 27.6 Å². The Morgan fingerprint density at radius 1 is 1.13 bits per heavy atom. The number of aliphatic hydroxyl groups excluding tert-OH is 2. The third-order valence-corrected chi connectivity index (χ3v) is 2.33. The molecular formula is C11H24O3Ti. The monoisotopic (exact) mass is 252 g/mol. The second-order valence-electron chi connectivity index (χ2n) is 4.00. The minimum absolute atomic E-state index is 0. The molecule has 90 valence electrons. The zero-order valence-electron chi connectivity index (χ0n) is 10.2. The van der Waals surface area contributed by atoms with E-state index < -0.39 is 12.4 Å². The van der Waals surface area contributed by atoms with Crippen LogP contribution in [0.2, 0.25) is 0 Å². The quantitative estimate of drug-likeness (QED) is 0.537. The third kappa shape index (κ3) is 7.48. The van der Waals surface area contributed by atoms with Gasteiger partial charge in [-0.15, -0.1) is 0 Å². The summed E-state index contributed by atoms with van der Waals surface area (Å²) in [5.74, 6) is -0.169. The molecule has 3 atom stereocenters. The van der Waals surface area contributed by atoms with Crippen LogP contribution in [0.15, 0.2) is 0 Å². The predicted octanol–water partition coefficient (Wildman–Crippen LogP) is 1.91. The molecule has 0 radical (unpaired) electrons. The van der Waals surface area contributed by atoms with Crippen LogP contribution in [0.1, 0.15) is 47.0 Å². The molecule has 3 unspecified atom stereocenters. The molecule has 0 bridgehead atoms. The minimum Gasteiger partial charge on any atom is -0.393 e. The first-order valence-electron chi connectivity index (χ1n) is 5.54. The molecule has 15 heavy (non-hydrogen) atoms. The normalized spacial score (nSPS) is 17.0. The summed E-state index contributed by atoms with van der Waals surface area (Å²) >= 11 is 0. The Hall–Kier alpha value is 0.594. The van der Waals surface area contributed by atoms with Gasteiger partial charge in [-0.05, 0) is 26.7 Å². The first kappa shape index (κ1) is 18.0. The van der Waals surface area contributed by atoms with Crippen molar-refractivity contribution in [2.45, 2.75) is 65.5 Å². The largest absolute Gasteiger partial charge is 0.393 e. The van der Waals surface area contributed by atoms with Crippen LogP contribution in [0.5, 0.6) is 0 Å². The van der Waals surface area contributed by atoms with Crippen molar-refractivity contribution in [1.29, 1.82) is 0 Å². The van der Waals surface area contributed by atoms with Gasteiger partial charge in [-0.3, -0.25) is 0 Å². The molecule has 0 saturated heterocycles. The molecule has 0 spiro atoms. The molecule has 2 N–H and O–H groups in total. The third-order valence-electron chi connectivity index (χ3n) is 2.33. The van der Waals surface area contributed by atoms with Crippen LogP contribution in [-0.4, -0.2) is 28.7 Å². The van der Waals surface area contributed by atoms with Crippen molar-refractivity contribution in [2.75, 3.05) is 0 Å². The Balaban J connectivity index is 0. The van der Waals surface area contributed by atoms with Gasteiger partial charge in [0.05, 0.1) is 12.2 Å². The van der Waals surface area contributed by atoms with Gasteiger partial charge >= 0.3 is 0 Å². The molecule has 0 amide bonds. The molecule has 4 heteroatoms. The van der Waals surface area contributed by atoms with Crippen molar-refractivity contribution in [3.63, 3.8) is 0 Å². The average molecular weight is 252 g/mol. The molecule has 0 aromatic rings. The second kappa shape index (κ2) is 9.79. The van der Waals surface area contributed by atoms with Crippen LogP contribution < -0.4 is 0 Å². The van der Waals surface area contributed by atoms with Gasteiger partial charge in [0.15, 0.2) is 6.29 Å². The first-order chi connectivity index (χ1) is 6.52. The molecule has 0 fully saturated rings. The molecule has 0 aliphatic carbocycles. The standard InChI is InChI=1S/C11H24O3.Ti/c1-5-7-10(12)9(6-2)11(13)14-8(3)4;/h8-13H,5-7H2,1-4H3;. The molecule has 0 saturated carbocycles. The number of aliphatic hydroxyl groups is 2. The van der Waals surface area contributed by atoms with E-state index in [0.717, 1.165) is 19.3 Å². The molecule has 3 nitrogen and oxygen atoms in total. The van der Waals surface area contributed by atoms with Crippen LogP contribution in [0.4, 0.5) is 0 Å². The smallest absolute Gasteiger partial charge is 0.160 e. The number of hydrogen-bond acceptors (Lipinski definition) is 3. The summed E-state index contributed by atoms with van der Waals surface area (Å²) in [5, 5.41) is 19.4. The molecule has 0 aliphatic heterocycles. The van der Waals surface area contributed by atoms with Gasteiger partial charge in [0.25, 0.3) is 0 Å². The van der Waals surface area contributed by atoms with Crippen LogP contribution in [0.25, 0.3) is 0 Å². The Morgan fingerprint density at radius 2 is 1.67 bits per heavy atom. The summed E-state index contributed by atoms with van der Waals surface area (Å²) in [6.07, 6.45) is 1.06. The summed E-state index contributed by atoms with van der Waals surface area (Å²) in [5.41, 5.74) is 0. The van der Waals surface area contributed by atoms with Crippen molar-refractivity contribution in [2.24, 2.45) is 5.92 Å². The molecule has 0 rings (SSSR count). The van der Waals surface area contributed by atoms with E-state index in [1.165, 1.54) is 0 Å². The van der Waals surface area contributed by atoms with E-state index in [4.69, 9.17) is 4.74 Å². The van der Waals surface area contributed by atoms with E-state index in [2.05, 4.69) is 0 Å². The van der Waals surface area contributed by atoms with Crippen molar-refractivity contribution < 1.29 is 36.7 Å². The predicted molar refractivity (Wildman–Crippen MR) is 56.9 cm³/mol. The van der Waals surface area contributed by atoms with Gasteiger partial charge < -0.3 is 14.9 Å². The van der Waals surface area contributed by atoms with Crippen LogP contribution in [-0.2, 0) is 26.5 Å². The van der Waals surface area contributed by atoms with E-state index in [-0.39, 0.29) is 33.7 Å². The van der Waals surface area contributed by atoms with Crippen LogP contribution in [0, 0.1) is 5.92 Å².